The van der Waals surface area contributed by atoms with Crippen LogP contribution in [0.4, 0.5) is 13.2 Å². The van der Waals surface area contributed by atoms with Gasteiger partial charge in [0.05, 0.1) is 11.1 Å². The van der Waals surface area contributed by atoms with Crippen molar-refractivity contribution in [2.45, 2.75) is 38.8 Å². The summed E-state index contributed by atoms with van der Waals surface area (Å²) in [4.78, 5) is 4.80. The van der Waals surface area contributed by atoms with Crippen LogP contribution in [0, 0.1) is 0 Å². The fraction of sp³-hybridized carbons (Fsp3) is 0.250. The number of alkyl halides is 3. The standard InChI is InChI=1S/C24H21F3N2O/c1-2-3-4-8-18-14-17-7-5-6-9-20(17)28-23(18)22-15-21(29-30-22)16-10-12-19(13-11-16)24(25,26)27/h5-7,9-15H,2-4,8H2,1H3. The molecule has 6 heteroatoms. The van der Waals surface area contributed by atoms with Crippen LogP contribution in [0.15, 0.2) is 65.2 Å². The maximum absolute atomic E-state index is 12.8. The predicted octanol–water partition coefficient (Wildman–Crippen LogP) is 7.31. The molecule has 0 aliphatic carbocycles. The molecule has 0 unspecified atom stereocenters. The molecule has 2 aromatic heterocycles. The molecule has 0 radical (unpaired) electrons. The number of benzene rings is 2. The number of aryl methyl sites for hydroxylation is 1. The number of fused-ring (bicyclic) bond motifs is 1. The van der Waals surface area contributed by atoms with Crippen LogP contribution in [-0.2, 0) is 12.6 Å². The minimum Gasteiger partial charge on any atom is -0.354 e. The second-order valence-electron chi connectivity index (χ2n) is 7.30. The molecule has 4 rings (SSSR count). The van der Waals surface area contributed by atoms with Crippen LogP contribution in [0.2, 0.25) is 0 Å². The molecule has 0 saturated carbocycles. The number of halogens is 3. The van der Waals surface area contributed by atoms with Gasteiger partial charge in [-0.2, -0.15) is 13.2 Å². The van der Waals surface area contributed by atoms with Crippen LogP contribution in [0.25, 0.3) is 33.6 Å². The van der Waals surface area contributed by atoms with Gasteiger partial charge in [-0.05, 0) is 42.7 Å². The molecule has 0 aliphatic heterocycles. The maximum atomic E-state index is 12.8. The Labute approximate surface area is 172 Å². The number of hydrogen-bond acceptors (Lipinski definition) is 3. The van der Waals surface area contributed by atoms with Gasteiger partial charge in [0.2, 0.25) is 0 Å². The van der Waals surface area contributed by atoms with E-state index in [2.05, 4.69) is 18.1 Å². The van der Waals surface area contributed by atoms with E-state index in [-0.39, 0.29) is 0 Å². The lowest BCUT2D eigenvalue weighted by Crippen LogP contribution is -2.03. The van der Waals surface area contributed by atoms with Crippen LogP contribution in [-0.4, -0.2) is 10.1 Å². The summed E-state index contributed by atoms with van der Waals surface area (Å²) in [7, 11) is 0. The molecule has 2 heterocycles. The normalized spacial score (nSPS) is 11.9. The SMILES string of the molecule is CCCCCc1cc2ccccc2nc1-c1cc(-c2ccc(C(F)(F)F)cc2)no1. The number of para-hydroxylation sites is 1. The molecular weight excluding hydrogens is 389 g/mol. The largest absolute Gasteiger partial charge is 0.416 e. The fourth-order valence-corrected chi connectivity index (χ4v) is 3.48. The van der Waals surface area contributed by atoms with Crippen molar-refractivity contribution >= 4 is 10.9 Å². The van der Waals surface area contributed by atoms with Crippen LogP contribution < -0.4 is 0 Å². The number of aromatic nitrogens is 2. The summed E-state index contributed by atoms with van der Waals surface area (Å²) < 4.78 is 44.0. The summed E-state index contributed by atoms with van der Waals surface area (Å²) in [6.45, 7) is 2.16. The summed E-state index contributed by atoms with van der Waals surface area (Å²) in [5.74, 6) is 0.516. The zero-order chi connectivity index (χ0) is 21.1. The van der Waals surface area contributed by atoms with Gasteiger partial charge in [-0.25, -0.2) is 4.98 Å². The molecule has 30 heavy (non-hydrogen) atoms. The molecule has 0 N–H and O–H groups in total. The second-order valence-corrected chi connectivity index (χ2v) is 7.30. The molecule has 0 amide bonds. The monoisotopic (exact) mass is 410 g/mol. The van der Waals surface area contributed by atoms with E-state index in [1.54, 1.807) is 6.07 Å². The Hall–Kier alpha value is -3.15. The lowest BCUT2D eigenvalue weighted by Gasteiger charge is -2.08. The van der Waals surface area contributed by atoms with E-state index < -0.39 is 11.7 Å². The van der Waals surface area contributed by atoms with Crippen LogP contribution >= 0.6 is 0 Å². The summed E-state index contributed by atoms with van der Waals surface area (Å²) in [6.07, 6.45) is -0.202. The molecule has 154 valence electrons. The van der Waals surface area contributed by atoms with Crippen LogP contribution in [0.5, 0.6) is 0 Å². The van der Waals surface area contributed by atoms with E-state index in [0.717, 1.165) is 60.0 Å². The third-order valence-electron chi connectivity index (χ3n) is 5.10. The number of pyridine rings is 1. The number of nitrogens with zero attached hydrogens (tertiary/aromatic N) is 2. The first-order chi connectivity index (χ1) is 14.5. The first kappa shape index (κ1) is 20.1. The highest BCUT2D eigenvalue weighted by molar-refractivity contribution is 5.83. The molecule has 0 aliphatic rings. The van der Waals surface area contributed by atoms with Gasteiger partial charge in [-0.1, -0.05) is 55.3 Å². The van der Waals surface area contributed by atoms with Gasteiger partial charge in [-0.3, -0.25) is 0 Å². The van der Waals surface area contributed by atoms with Crippen LogP contribution in [0.1, 0.15) is 37.3 Å². The predicted molar refractivity (Wildman–Crippen MR) is 111 cm³/mol. The Kier molecular flexibility index (Phi) is 5.57. The highest BCUT2D eigenvalue weighted by Crippen LogP contribution is 2.33. The Morgan fingerprint density at radius 1 is 0.933 bits per heavy atom. The van der Waals surface area contributed by atoms with Crippen molar-refractivity contribution in [3.63, 3.8) is 0 Å². The van der Waals surface area contributed by atoms with Gasteiger partial charge in [0.1, 0.15) is 11.4 Å². The average Bonchev–Trinajstić information content (AvgIpc) is 3.23. The second kappa shape index (κ2) is 8.30. The average molecular weight is 410 g/mol. The molecule has 0 fully saturated rings. The molecule has 2 aromatic carbocycles. The fourth-order valence-electron chi connectivity index (χ4n) is 3.48. The van der Waals surface area contributed by atoms with E-state index in [4.69, 9.17) is 9.51 Å². The number of hydrogen-bond donors (Lipinski definition) is 0. The Morgan fingerprint density at radius 2 is 1.70 bits per heavy atom. The summed E-state index contributed by atoms with van der Waals surface area (Å²) in [5, 5.41) is 5.14. The Bertz CT molecular complexity index is 1150. The van der Waals surface area contributed by atoms with E-state index in [1.807, 2.05) is 24.3 Å². The molecule has 0 atom stereocenters. The van der Waals surface area contributed by atoms with Gasteiger partial charge in [0.15, 0.2) is 5.76 Å². The number of unbranched alkanes of at least 4 members (excludes halogenated alkanes) is 2. The molecule has 3 nitrogen and oxygen atoms in total. The molecule has 4 aromatic rings. The van der Waals surface area contributed by atoms with Crippen molar-refractivity contribution in [1.82, 2.24) is 10.1 Å². The lowest BCUT2D eigenvalue weighted by atomic mass is 10.0. The quantitative estimate of drug-likeness (QED) is 0.313. The minimum atomic E-state index is -4.37. The van der Waals surface area contributed by atoms with Gasteiger partial charge in [-0.15, -0.1) is 0 Å². The van der Waals surface area contributed by atoms with E-state index in [9.17, 15) is 13.2 Å². The zero-order valence-corrected chi connectivity index (χ0v) is 16.5. The van der Waals surface area contributed by atoms with Crippen molar-refractivity contribution in [2.75, 3.05) is 0 Å². The highest BCUT2D eigenvalue weighted by atomic mass is 19.4. The van der Waals surface area contributed by atoms with Crippen molar-refractivity contribution < 1.29 is 17.7 Å². The topological polar surface area (TPSA) is 38.9 Å². The smallest absolute Gasteiger partial charge is 0.354 e. The molecule has 0 spiro atoms. The number of rotatable bonds is 6. The Morgan fingerprint density at radius 3 is 2.43 bits per heavy atom. The molecule has 0 saturated heterocycles. The maximum Gasteiger partial charge on any atom is 0.416 e. The Balaban J connectivity index is 1.70. The van der Waals surface area contributed by atoms with Gasteiger partial charge in [0.25, 0.3) is 0 Å². The summed E-state index contributed by atoms with van der Waals surface area (Å²) >= 11 is 0. The van der Waals surface area contributed by atoms with E-state index >= 15 is 0 Å². The van der Waals surface area contributed by atoms with Crippen LogP contribution in [0.3, 0.4) is 0 Å². The summed E-state index contributed by atoms with van der Waals surface area (Å²) in [5.41, 5.74) is 3.02. The highest BCUT2D eigenvalue weighted by Gasteiger charge is 2.30. The minimum absolute atomic E-state index is 0.480. The van der Waals surface area contributed by atoms with Gasteiger partial charge < -0.3 is 4.52 Å². The van der Waals surface area contributed by atoms with Gasteiger partial charge in [0, 0.05) is 17.0 Å². The first-order valence-corrected chi connectivity index (χ1v) is 9.99. The van der Waals surface area contributed by atoms with Crippen molar-refractivity contribution in [3.05, 3.63) is 71.8 Å². The molecule has 0 bridgehead atoms. The third-order valence-corrected chi connectivity index (χ3v) is 5.10. The van der Waals surface area contributed by atoms with E-state index in [1.165, 1.54) is 12.1 Å². The molecular formula is C24H21F3N2O. The summed E-state index contributed by atoms with van der Waals surface area (Å²) in [6, 6.07) is 16.7. The van der Waals surface area contributed by atoms with E-state index in [0.29, 0.717) is 17.0 Å². The third kappa shape index (κ3) is 4.22. The first-order valence-electron chi connectivity index (χ1n) is 9.99. The van der Waals surface area contributed by atoms with Gasteiger partial charge >= 0.3 is 6.18 Å². The van der Waals surface area contributed by atoms with Crippen molar-refractivity contribution in [2.24, 2.45) is 0 Å². The lowest BCUT2D eigenvalue weighted by molar-refractivity contribution is -0.137. The zero-order valence-electron chi connectivity index (χ0n) is 16.5. The van der Waals surface area contributed by atoms with Crippen molar-refractivity contribution in [1.29, 1.82) is 0 Å². The van der Waals surface area contributed by atoms with Crippen molar-refractivity contribution in [3.8, 4) is 22.7 Å².